The van der Waals surface area contributed by atoms with Crippen molar-refractivity contribution in [2.45, 2.75) is 13.8 Å². The van der Waals surface area contributed by atoms with E-state index in [9.17, 15) is 9.18 Å². The van der Waals surface area contributed by atoms with Gasteiger partial charge in [0.1, 0.15) is 5.82 Å². The van der Waals surface area contributed by atoms with Gasteiger partial charge in [0, 0.05) is 11.5 Å². The number of nitrogens with one attached hydrogen (secondary N) is 1. The van der Waals surface area contributed by atoms with Crippen molar-refractivity contribution in [3.63, 3.8) is 0 Å². The number of amides is 1. The Labute approximate surface area is 88.0 Å². The average molecular weight is 208 g/mol. The van der Waals surface area contributed by atoms with E-state index in [4.69, 9.17) is 0 Å². The minimum Gasteiger partial charge on any atom is -0.273 e. The standard InChI is InChI=1S/C11H13FN2O/c1-8(2)11(15)14-13-7-9-5-3-4-6-10(9)12/h3-8H,1-2H3,(H,14,15)/b13-7+. The smallest absolute Gasteiger partial charge is 0.242 e. The first-order chi connectivity index (χ1) is 7.11. The fourth-order valence-electron chi connectivity index (χ4n) is 0.874. The zero-order valence-electron chi connectivity index (χ0n) is 8.70. The SMILES string of the molecule is CC(C)C(=O)N/N=C/c1ccccc1F. The van der Waals surface area contributed by atoms with Gasteiger partial charge in [-0.15, -0.1) is 0 Å². The Morgan fingerprint density at radius 3 is 2.73 bits per heavy atom. The normalized spacial score (nSPS) is 10.9. The minimum absolute atomic E-state index is 0.136. The third-order valence-corrected chi connectivity index (χ3v) is 1.81. The first-order valence-corrected chi connectivity index (χ1v) is 4.68. The monoisotopic (exact) mass is 208 g/mol. The molecule has 0 aliphatic rings. The summed E-state index contributed by atoms with van der Waals surface area (Å²) in [5, 5.41) is 3.66. The molecular weight excluding hydrogens is 195 g/mol. The number of carbonyl (C=O) groups excluding carboxylic acids is 1. The molecule has 1 amide bonds. The van der Waals surface area contributed by atoms with E-state index >= 15 is 0 Å². The number of hydrazone groups is 1. The topological polar surface area (TPSA) is 41.5 Å². The number of rotatable bonds is 3. The Hall–Kier alpha value is -1.71. The summed E-state index contributed by atoms with van der Waals surface area (Å²) in [4.78, 5) is 11.1. The second kappa shape index (κ2) is 5.24. The van der Waals surface area contributed by atoms with Gasteiger partial charge in [-0.05, 0) is 6.07 Å². The lowest BCUT2D eigenvalue weighted by molar-refractivity contribution is -0.123. The van der Waals surface area contributed by atoms with Crippen molar-refractivity contribution < 1.29 is 9.18 Å². The fraction of sp³-hybridized carbons (Fsp3) is 0.273. The largest absolute Gasteiger partial charge is 0.273 e. The molecule has 4 heteroatoms. The van der Waals surface area contributed by atoms with Crippen LogP contribution < -0.4 is 5.43 Å². The van der Waals surface area contributed by atoms with Gasteiger partial charge in [-0.2, -0.15) is 5.10 Å². The molecule has 1 rings (SSSR count). The molecule has 1 N–H and O–H groups in total. The van der Waals surface area contributed by atoms with Gasteiger partial charge in [0.2, 0.25) is 5.91 Å². The summed E-state index contributed by atoms with van der Waals surface area (Å²) in [5.74, 6) is -0.689. The molecule has 0 atom stereocenters. The van der Waals surface area contributed by atoms with Gasteiger partial charge >= 0.3 is 0 Å². The molecule has 0 saturated carbocycles. The van der Waals surface area contributed by atoms with E-state index < -0.39 is 0 Å². The summed E-state index contributed by atoms with van der Waals surface area (Å²) < 4.78 is 13.1. The quantitative estimate of drug-likeness (QED) is 0.598. The molecule has 0 aliphatic heterocycles. The summed E-state index contributed by atoms with van der Waals surface area (Å²) in [6.07, 6.45) is 1.29. The number of benzene rings is 1. The summed E-state index contributed by atoms with van der Waals surface area (Å²) in [6, 6.07) is 6.22. The summed E-state index contributed by atoms with van der Waals surface area (Å²) in [6.45, 7) is 3.52. The van der Waals surface area contributed by atoms with Crippen LogP contribution in [0.3, 0.4) is 0 Å². The van der Waals surface area contributed by atoms with Gasteiger partial charge < -0.3 is 0 Å². The fourth-order valence-corrected chi connectivity index (χ4v) is 0.874. The highest BCUT2D eigenvalue weighted by molar-refractivity contribution is 5.83. The maximum atomic E-state index is 13.1. The van der Waals surface area contributed by atoms with E-state index in [2.05, 4.69) is 10.5 Å². The van der Waals surface area contributed by atoms with Crippen LogP contribution in [0.25, 0.3) is 0 Å². The average Bonchev–Trinajstić information content (AvgIpc) is 2.20. The Kier molecular flexibility index (Phi) is 3.97. The van der Waals surface area contributed by atoms with E-state index in [1.165, 1.54) is 12.3 Å². The number of nitrogens with zero attached hydrogens (tertiary/aromatic N) is 1. The van der Waals surface area contributed by atoms with Crippen LogP contribution in [0.4, 0.5) is 4.39 Å². The lowest BCUT2D eigenvalue weighted by atomic mass is 10.2. The molecule has 0 spiro atoms. The highest BCUT2D eigenvalue weighted by atomic mass is 19.1. The van der Waals surface area contributed by atoms with Gasteiger partial charge in [0.25, 0.3) is 0 Å². The molecule has 1 aromatic rings. The number of hydrogen-bond donors (Lipinski definition) is 1. The van der Waals surface area contributed by atoms with E-state index in [1.54, 1.807) is 32.0 Å². The van der Waals surface area contributed by atoms with E-state index in [-0.39, 0.29) is 17.6 Å². The van der Waals surface area contributed by atoms with Crippen molar-refractivity contribution in [2.75, 3.05) is 0 Å². The van der Waals surface area contributed by atoms with Crippen LogP contribution in [0.15, 0.2) is 29.4 Å². The van der Waals surface area contributed by atoms with Crippen LogP contribution in [-0.4, -0.2) is 12.1 Å². The Morgan fingerprint density at radius 1 is 1.47 bits per heavy atom. The molecule has 15 heavy (non-hydrogen) atoms. The molecule has 0 heterocycles. The first-order valence-electron chi connectivity index (χ1n) is 4.68. The highest BCUT2D eigenvalue weighted by Crippen LogP contribution is 2.02. The maximum absolute atomic E-state index is 13.1. The summed E-state index contributed by atoms with van der Waals surface area (Å²) in [7, 11) is 0. The molecule has 0 fully saturated rings. The number of carbonyl (C=O) groups is 1. The van der Waals surface area contributed by atoms with Crippen LogP contribution in [0.2, 0.25) is 0 Å². The van der Waals surface area contributed by atoms with Crippen molar-refractivity contribution in [1.82, 2.24) is 5.43 Å². The predicted molar refractivity (Wildman–Crippen MR) is 57.0 cm³/mol. The molecule has 0 radical (unpaired) electrons. The van der Waals surface area contributed by atoms with Gasteiger partial charge in [0.05, 0.1) is 6.21 Å². The maximum Gasteiger partial charge on any atom is 0.242 e. The van der Waals surface area contributed by atoms with Crippen LogP contribution >= 0.6 is 0 Å². The van der Waals surface area contributed by atoms with E-state index in [0.717, 1.165) is 0 Å². The second-order valence-electron chi connectivity index (χ2n) is 3.41. The lowest BCUT2D eigenvalue weighted by Crippen LogP contribution is -2.22. The van der Waals surface area contributed by atoms with Gasteiger partial charge in [-0.1, -0.05) is 32.0 Å². The molecule has 80 valence electrons. The zero-order chi connectivity index (χ0) is 11.3. The third-order valence-electron chi connectivity index (χ3n) is 1.81. The van der Waals surface area contributed by atoms with Crippen molar-refractivity contribution in [1.29, 1.82) is 0 Å². The van der Waals surface area contributed by atoms with Crippen molar-refractivity contribution in [3.05, 3.63) is 35.6 Å². The molecule has 0 unspecified atom stereocenters. The molecule has 1 aromatic carbocycles. The lowest BCUT2D eigenvalue weighted by Gasteiger charge is -2.01. The van der Waals surface area contributed by atoms with Crippen LogP contribution in [-0.2, 0) is 4.79 Å². The summed E-state index contributed by atoms with van der Waals surface area (Å²) in [5.41, 5.74) is 2.67. The third kappa shape index (κ3) is 3.50. The summed E-state index contributed by atoms with van der Waals surface area (Å²) >= 11 is 0. The highest BCUT2D eigenvalue weighted by Gasteiger charge is 2.04. The van der Waals surface area contributed by atoms with E-state index in [1.807, 2.05) is 0 Å². The van der Waals surface area contributed by atoms with Crippen molar-refractivity contribution in [3.8, 4) is 0 Å². The molecular formula is C11H13FN2O. The Balaban J connectivity index is 2.59. The van der Waals surface area contributed by atoms with Crippen LogP contribution in [0.1, 0.15) is 19.4 Å². The molecule has 3 nitrogen and oxygen atoms in total. The molecule has 0 bridgehead atoms. The van der Waals surface area contributed by atoms with Crippen LogP contribution in [0, 0.1) is 11.7 Å². The molecule has 0 aromatic heterocycles. The Bertz CT molecular complexity index is 375. The zero-order valence-corrected chi connectivity index (χ0v) is 8.70. The minimum atomic E-state index is -0.361. The van der Waals surface area contributed by atoms with Gasteiger partial charge in [0.15, 0.2) is 0 Å². The van der Waals surface area contributed by atoms with Crippen molar-refractivity contribution in [2.24, 2.45) is 11.0 Å². The van der Waals surface area contributed by atoms with Gasteiger partial charge in [-0.25, -0.2) is 9.82 Å². The first kappa shape index (κ1) is 11.4. The molecule has 0 aliphatic carbocycles. The number of hydrogen-bond acceptors (Lipinski definition) is 2. The number of halogens is 1. The van der Waals surface area contributed by atoms with Crippen molar-refractivity contribution >= 4 is 12.1 Å². The van der Waals surface area contributed by atoms with E-state index in [0.29, 0.717) is 5.56 Å². The van der Waals surface area contributed by atoms with Gasteiger partial charge in [-0.3, -0.25) is 4.79 Å². The van der Waals surface area contributed by atoms with Crippen LogP contribution in [0.5, 0.6) is 0 Å². The molecule has 0 saturated heterocycles. The second-order valence-corrected chi connectivity index (χ2v) is 3.41. The predicted octanol–water partition coefficient (Wildman–Crippen LogP) is 1.93. The Morgan fingerprint density at radius 2 is 2.13 bits per heavy atom.